The summed E-state index contributed by atoms with van der Waals surface area (Å²) in [6.07, 6.45) is 0.168. The van der Waals surface area contributed by atoms with Crippen LogP contribution in [-0.2, 0) is 6.54 Å². The average Bonchev–Trinajstić information content (AvgIpc) is 2.46. The van der Waals surface area contributed by atoms with Crippen molar-refractivity contribution in [2.45, 2.75) is 26.5 Å². The van der Waals surface area contributed by atoms with Gasteiger partial charge in [0.1, 0.15) is 11.5 Å². The van der Waals surface area contributed by atoms with Gasteiger partial charge in [-0.05, 0) is 54.0 Å². The van der Waals surface area contributed by atoms with Crippen LogP contribution in [0.15, 0.2) is 46.9 Å². The summed E-state index contributed by atoms with van der Waals surface area (Å²) in [5, 5.41) is 3.40. The molecule has 2 aromatic rings. The molecule has 3 nitrogen and oxygen atoms in total. The number of para-hydroxylation sites is 1. The Kier molecular flexibility index (Phi) is 5.51. The Balaban J connectivity index is 2.08. The summed E-state index contributed by atoms with van der Waals surface area (Å²) in [7, 11) is 1.66. The predicted octanol–water partition coefficient (Wildman–Crippen LogP) is 4.86. The van der Waals surface area contributed by atoms with Crippen molar-refractivity contribution in [1.29, 1.82) is 0 Å². The molecule has 0 fully saturated rings. The third kappa shape index (κ3) is 4.39. The molecule has 112 valence electrons. The van der Waals surface area contributed by atoms with Crippen LogP contribution in [0.1, 0.15) is 19.4 Å². The summed E-state index contributed by atoms with van der Waals surface area (Å²) in [5.41, 5.74) is 2.17. The number of nitrogens with one attached hydrogen (secondary N) is 1. The molecule has 0 spiro atoms. The number of hydrogen-bond donors (Lipinski definition) is 1. The Hall–Kier alpha value is -1.68. The highest BCUT2D eigenvalue weighted by molar-refractivity contribution is 9.10. The van der Waals surface area contributed by atoms with Gasteiger partial charge in [-0.15, -0.1) is 0 Å². The van der Waals surface area contributed by atoms with E-state index >= 15 is 0 Å². The molecule has 0 aliphatic heterocycles. The lowest BCUT2D eigenvalue weighted by Gasteiger charge is -2.15. The zero-order chi connectivity index (χ0) is 15.2. The van der Waals surface area contributed by atoms with Crippen LogP contribution in [0.4, 0.5) is 5.69 Å². The van der Waals surface area contributed by atoms with Crippen molar-refractivity contribution >= 4 is 21.6 Å². The van der Waals surface area contributed by atoms with E-state index in [-0.39, 0.29) is 6.10 Å². The van der Waals surface area contributed by atoms with Gasteiger partial charge in [0.05, 0.1) is 17.7 Å². The van der Waals surface area contributed by atoms with Gasteiger partial charge in [0, 0.05) is 17.8 Å². The SMILES string of the molecule is COc1ccc(NCc2ccccc2OC(C)C)cc1Br. The molecule has 0 saturated heterocycles. The minimum Gasteiger partial charge on any atom is -0.496 e. The maximum Gasteiger partial charge on any atom is 0.133 e. The number of ether oxygens (including phenoxy) is 2. The Labute approximate surface area is 134 Å². The van der Waals surface area contributed by atoms with Gasteiger partial charge in [0.25, 0.3) is 0 Å². The second-order valence-corrected chi connectivity index (χ2v) is 5.83. The predicted molar refractivity (Wildman–Crippen MR) is 90.2 cm³/mol. The van der Waals surface area contributed by atoms with Gasteiger partial charge in [0.15, 0.2) is 0 Å². The van der Waals surface area contributed by atoms with Crippen LogP contribution in [0.2, 0.25) is 0 Å². The molecule has 21 heavy (non-hydrogen) atoms. The van der Waals surface area contributed by atoms with Crippen LogP contribution in [0, 0.1) is 0 Å². The van der Waals surface area contributed by atoms with Crippen LogP contribution in [-0.4, -0.2) is 13.2 Å². The van der Waals surface area contributed by atoms with E-state index in [1.165, 1.54) is 0 Å². The van der Waals surface area contributed by atoms with Gasteiger partial charge in [-0.1, -0.05) is 18.2 Å². The molecule has 2 rings (SSSR count). The molecule has 0 radical (unpaired) electrons. The topological polar surface area (TPSA) is 30.5 Å². The zero-order valence-corrected chi connectivity index (χ0v) is 14.1. The van der Waals surface area contributed by atoms with Gasteiger partial charge in [-0.3, -0.25) is 0 Å². The van der Waals surface area contributed by atoms with Crippen molar-refractivity contribution in [3.05, 3.63) is 52.5 Å². The highest BCUT2D eigenvalue weighted by atomic mass is 79.9. The molecule has 0 saturated carbocycles. The van der Waals surface area contributed by atoms with Crippen molar-refractivity contribution in [2.75, 3.05) is 12.4 Å². The minimum atomic E-state index is 0.168. The molecule has 0 atom stereocenters. The van der Waals surface area contributed by atoms with E-state index in [0.717, 1.165) is 27.2 Å². The van der Waals surface area contributed by atoms with Crippen LogP contribution < -0.4 is 14.8 Å². The molecule has 0 heterocycles. The van der Waals surface area contributed by atoms with Crippen molar-refractivity contribution in [3.8, 4) is 11.5 Å². The summed E-state index contributed by atoms with van der Waals surface area (Å²) < 4.78 is 12.0. The highest BCUT2D eigenvalue weighted by Crippen LogP contribution is 2.28. The van der Waals surface area contributed by atoms with Gasteiger partial charge in [-0.25, -0.2) is 0 Å². The van der Waals surface area contributed by atoms with E-state index in [1.54, 1.807) is 7.11 Å². The van der Waals surface area contributed by atoms with Crippen LogP contribution in [0.3, 0.4) is 0 Å². The van der Waals surface area contributed by atoms with Gasteiger partial charge in [-0.2, -0.15) is 0 Å². The van der Waals surface area contributed by atoms with Crippen molar-refractivity contribution < 1.29 is 9.47 Å². The lowest BCUT2D eigenvalue weighted by atomic mass is 10.2. The Bertz CT molecular complexity index is 599. The highest BCUT2D eigenvalue weighted by Gasteiger charge is 2.06. The van der Waals surface area contributed by atoms with Crippen LogP contribution in [0.25, 0.3) is 0 Å². The maximum atomic E-state index is 5.82. The first-order valence-corrected chi connectivity index (χ1v) is 7.71. The Morgan fingerprint density at radius 1 is 1.10 bits per heavy atom. The molecular weight excluding hydrogens is 330 g/mol. The quantitative estimate of drug-likeness (QED) is 0.807. The standard InChI is InChI=1S/C17H20BrNO2/c1-12(2)21-16-7-5-4-6-13(16)11-19-14-8-9-17(20-3)15(18)10-14/h4-10,12,19H,11H2,1-3H3. The average molecular weight is 350 g/mol. The number of anilines is 1. The number of halogens is 1. The van der Waals surface area contributed by atoms with E-state index in [2.05, 4.69) is 27.3 Å². The third-order valence-electron chi connectivity index (χ3n) is 2.97. The first kappa shape index (κ1) is 15.7. The monoisotopic (exact) mass is 349 g/mol. The fraction of sp³-hybridized carbons (Fsp3) is 0.294. The molecule has 0 aromatic heterocycles. The zero-order valence-electron chi connectivity index (χ0n) is 12.5. The van der Waals surface area contributed by atoms with Gasteiger partial charge < -0.3 is 14.8 Å². The molecule has 0 aliphatic rings. The van der Waals surface area contributed by atoms with E-state index < -0.39 is 0 Å². The maximum absolute atomic E-state index is 5.82. The third-order valence-corrected chi connectivity index (χ3v) is 3.59. The fourth-order valence-corrected chi connectivity index (χ4v) is 2.53. The largest absolute Gasteiger partial charge is 0.496 e. The van der Waals surface area contributed by atoms with Crippen molar-refractivity contribution in [3.63, 3.8) is 0 Å². The summed E-state index contributed by atoms with van der Waals surface area (Å²) >= 11 is 3.49. The number of rotatable bonds is 6. The number of methoxy groups -OCH3 is 1. The van der Waals surface area contributed by atoms with Crippen LogP contribution in [0.5, 0.6) is 11.5 Å². The second-order valence-electron chi connectivity index (χ2n) is 4.98. The second kappa shape index (κ2) is 7.36. The van der Waals surface area contributed by atoms with Crippen molar-refractivity contribution in [2.24, 2.45) is 0 Å². The van der Waals surface area contributed by atoms with Gasteiger partial charge in [0.2, 0.25) is 0 Å². The molecule has 0 unspecified atom stereocenters. The normalized spacial score (nSPS) is 10.5. The first-order valence-electron chi connectivity index (χ1n) is 6.92. The summed E-state index contributed by atoms with van der Waals surface area (Å²) in [5.74, 6) is 1.75. The molecule has 0 amide bonds. The Morgan fingerprint density at radius 3 is 2.52 bits per heavy atom. The van der Waals surface area contributed by atoms with Crippen LogP contribution >= 0.6 is 15.9 Å². The molecule has 1 N–H and O–H groups in total. The summed E-state index contributed by atoms with van der Waals surface area (Å²) in [6.45, 7) is 4.78. The van der Waals surface area contributed by atoms with E-state index in [9.17, 15) is 0 Å². The lowest BCUT2D eigenvalue weighted by Crippen LogP contribution is -2.09. The molecule has 0 bridgehead atoms. The lowest BCUT2D eigenvalue weighted by molar-refractivity contribution is 0.240. The molecule has 4 heteroatoms. The molecule has 2 aromatic carbocycles. The first-order chi connectivity index (χ1) is 10.1. The summed E-state index contributed by atoms with van der Waals surface area (Å²) in [4.78, 5) is 0. The number of hydrogen-bond acceptors (Lipinski definition) is 3. The minimum absolute atomic E-state index is 0.168. The smallest absolute Gasteiger partial charge is 0.133 e. The van der Waals surface area contributed by atoms with E-state index in [0.29, 0.717) is 6.54 Å². The molecular formula is C17H20BrNO2. The number of benzene rings is 2. The van der Waals surface area contributed by atoms with E-state index in [4.69, 9.17) is 9.47 Å². The molecule has 0 aliphatic carbocycles. The fourth-order valence-electron chi connectivity index (χ4n) is 1.99. The Morgan fingerprint density at radius 2 is 1.86 bits per heavy atom. The van der Waals surface area contributed by atoms with Gasteiger partial charge >= 0.3 is 0 Å². The van der Waals surface area contributed by atoms with Crippen molar-refractivity contribution in [1.82, 2.24) is 0 Å². The summed E-state index contributed by atoms with van der Waals surface area (Å²) in [6, 6.07) is 14.0. The van der Waals surface area contributed by atoms with E-state index in [1.807, 2.05) is 50.2 Å².